The first kappa shape index (κ1) is 16.0. The van der Waals surface area contributed by atoms with E-state index in [1.165, 1.54) is 5.57 Å². The summed E-state index contributed by atoms with van der Waals surface area (Å²) in [5.74, 6) is 1.10. The standard InChI is InChI=1S/C18H25N3O2/c1-19-18(22)16-11-20(2)7-8-21(12-16)10-14-9-15-5-3-4-6-17(15)23-13-14/h3-6,9,16H,7-8,10-13H2,1-2H3,(H,19,22)/t16-/m1/s1. The van der Waals surface area contributed by atoms with E-state index in [2.05, 4.69) is 34.3 Å². The van der Waals surface area contributed by atoms with Gasteiger partial charge in [-0.05, 0) is 24.8 Å². The van der Waals surface area contributed by atoms with Gasteiger partial charge < -0.3 is 15.0 Å². The van der Waals surface area contributed by atoms with Crippen molar-refractivity contribution in [3.63, 3.8) is 0 Å². The van der Waals surface area contributed by atoms with Crippen molar-refractivity contribution in [2.24, 2.45) is 5.92 Å². The van der Waals surface area contributed by atoms with Gasteiger partial charge in [-0.2, -0.15) is 0 Å². The first-order valence-corrected chi connectivity index (χ1v) is 8.19. The van der Waals surface area contributed by atoms with E-state index in [0.717, 1.165) is 44.0 Å². The van der Waals surface area contributed by atoms with E-state index in [9.17, 15) is 4.79 Å². The highest BCUT2D eigenvalue weighted by Gasteiger charge is 2.26. The molecular weight excluding hydrogens is 290 g/mol. The molecule has 1 atom stereocenters. The van der Waals surface area contributed by atoms with E-state index in [0.29, 0.717) is 6.61 Å². The summed E-state index contributed by atoms with van der Waals surface area (Å²) >= 11 is 0. The summed E-state index contributed by atoms with van der Waals surface area (Å²) in [7, 11) is 3.80. The minimum atomic E-state index is 0.0184. The van der Waals surface area contributed by atoms with Gasteiger partial charge in [-0.15, -0.1) is 0 Å². The Labute approximate surface area is 137 Å². The number of hydrogen-bond donors (Lipinski definition) is 1. The highest BCUT2D eigenvalue weighted by atomic mass is 16.5. The molecule has 2 heterocycles. The summed E-state index contributed by atoms with van der Waals surface area (Å²) in [6.45, 7) is 5.06. The number of hydrogen-bond acceptors (Lipinski definition) is 4. The molecule has 1 saturated heterocycles. The van der Waals surface area contributed by atoms with Gasteiger partial charge in [-0.1, -0.05) is 18.2 Å². The van der Waals surface area contributed by atoms with E-state index < -0.39 is 0 Å². The lowest BCUT2D eigenvalue weighted by Crippen LogP contribution is -2.40. The number of carbonyl (C=O) groups excluding carboxylic acids is 1. The topological polar surface area (TPSA) is 44.8 Å². The Morgan fingerprint density at radius 1 is 1.30 bits per heavy atom. The predicted octanol–water partition coefficient (Wildman–Crippen LogP) is 1.07. The summed E-state index contributed by atoms with van der Waals surface area (Å²) in [5.41, 5.74) is 2.41. The minimum absolute atomic E-state index is 0.0184. The third kappa shape index (κ3) is 3.92. The van der Waals surface area contributed by atoms with Crippen molar-refractivity contribution in [3.8, 4) is 5.75 Å². The average Bonchev–Trinajstić information content (AvgIpc) is 2.76. The number of nitrogens with one attached hydrogen (secondary N) is 1. The Hall–Kier alpha value is -1.85. The largest absolute Gasteiger partial charge is 0.489 e. The van der Waals surface area contributed by atoms with Crippen molar-refractivity contribution in [3.05, 3.63) is 35.4 Å². The second kappa shape index (κ2) is 7.15. The fourth-order valence-electron chi connectivity index (χ4n) is 3.30. The Morgan fingerprint density at radius 2 is 2.13 bits per heavy atom. The maximum atomic E-state index is 12.1. The molecule has 0 saturated carbocycles. The van der Waals surface area contributed by atoms with Gasteiger partial charge in [0.25, 0.3) is 0 Å². The Morgan fingerprint density at radius 3 is 2.96 bits per heavy atom. The molecule has 2 aliphatic rings. The maximum absolute atomic E-state index is 12.1. The smallest absolute Gasteiger partial charge is 0.225 e. The van der Waals surface area contributed by atoms with Crippen LogP contribution < -0.4 is 10.1 Å². The average molecular weight is 315 g/mol. The maximum Gasteiger partial charge on any atom is 0.225 e. The molecule has 2 aliphatic heterocycles. The quantitative estimate of drug-likeness (QED) is 0.906. The van der Waals surface area contributed by atoms with Gasteiger partial charge in [0.1, 0.15) is 12.4 Å². The number of nitrogens with zero attached hydrogens (tertiary/aromatic N) is 2. The number of ether oxygens (including phenoxy) is 1. The molecular formula is C18H25N3O2. The van der Waals surface area contributed by atoms with E-state index >= 15 is 0 Å². The van der Waals surface area contributed by atoms with Gasteiger partial charge in [0.2, 0.25) is 5.91 Å². The van der Waals surface area contributed by atoms with Crippen LogP contribution in [0.3, 0.4) is 0 Å². The molecule has 1 aromatic rings. The SMILES string of the molecule is CNC(=O)[C@@H]1CN(C)CCN(CC2=Cc3ccccc3OC2)C1. The molecule has 1 aromatic carbocycles. The lowest BCUT2D eigenvalue weighted by molar-refractivity contribution is -0.125. The molecule has 1 amide bonds. The van der Waals surface area contributed by atoms with Crippen LogP contribution in [-0.4, -0.2) is 69.1 Å². The van der Waals surface area contributed by atoms with Crippen molar-refractivity contribution in [2.75, 3.05) is 53.4 Å². The minimum Gasteiger partial charge on any atom is -0.489 e. The molecule has 124 valence electrons. The molecule has 23 heavy (non-hydrogen) atoms. The molecule has 3 rings (SSSR count). The van der Waals surface area contributed by atoms with Crippen molar-refractivity contribution in [1.82, 2.24) is 15.1 Å². The van der Waals surface area contributed by atoms with Crippen LogP contribution in [0, 0.1) is 5.92 Å². The number of fused-ring (bicyclic) bond motifs is 1. The molecule has 1 fully saturated rings. The summed E-state index contributed by atoms with van der Waals surface area (Å²) in [4.78, 5) is 16.7. The van der Waals surface area contributed by atoms with Crippen LogP contribution in [0.2, 0.25) is 0 Å². The number of amides is 1. The number of rotatable bonds is 3. The fourth-order valence-corrected chi connectivity index (χ4v) is 3.30. The van der Waals surface area contributed by atoms with Crippen LogP contribution in [0.25, 0.3) is 6.08 Å². The monoisotopic (exact) mass is 315 g/mol. The molecule has 0 radical (unpaired) electrons. The second-order valence-electron chi connectivity index (χ2n) is 6.44. The molecule has 0 bridgehead atoms. The van der Waals surface area contributed by atoms with Gasteiger partial charge in [0, 0.05) is 45.3 Å². The van der Waals surface area contributed by atoms with Gasteiger partial charge in [-0.3, -0.25) is 9.69 Å². The lowest BCUT2D eigenvalue weighted by Gasteiger charge is -2.26. The van der Waals surface area contributed by atoms with Crippen LogP contribution in [0.4, 0.5) is 0 Å². The number of carbonyl (C=O) groups is 1. The lowest BCUT2D eigenvalue weighted by atomic mass is 10.1. The number of likely N-dealkylation sites (N-methyl/N-ethyl adjacent to an activating group) is 1. The van der Waals surface area contributed by atoms with Crippen molar-refractivity contribution < 1.29 is 9.53 Å². The van der Waals surface area contributed by atoms with Crippen LogP contribution in [0.15, 0.2) is 29.8 Å². The highest BCUT2D eigenvalue weighted by molar-refractivity contribution is 5.78. The molecule has 0 aliphatic carbocycles. The fraction of sp³-hybridized carbons (Fsp3) is 0.500. The highest BCUT2D eigenvalue weighted by Crippen LogP contribution is 2.26. The van der Waals surface area contributed by atoms with E-state index in [4.69, 9.17) is 4.74 Å². The molecule has 0 spiro atoms. The Kier molecular flexibility index (Phi) is 4.98. The molecule has 1 N–H and O–H groups in total. The van der Waals surface area contributed by atoms with Crippen LogP contribution in [0.1, 0.15) is 5.56 Å². The molecule has 0 aromatic heterocycles. The Balaban J connectivity index is 1.69. The summed E-state index contributed by atoms with van der Waals surface area (Å²) in [5, 5.41) is 2.79. The zero-order valence-corrected chi connectivity index (χ0v) is 13.9. The first-order chi connectivity index (χ1) is 11.2. The second-order valence-corrected chi connectivity index (χ2v) is 6.44. The van der Waals surface area contributed by atoms with Crippen LogP contribution in [0.5, 0.6) is 5.75 Å². The first-order valence-electron chi connectivity index (χ1n) is 8.19. The third-order valence-corrected chi connectivity index (χ3v) is 4.54. The Bertz CT molecular complexity index is 600. The molecule has 5 nitrogen and oxygen atoms in total. The van der Waals surface area contributed by atoms with Crippen molar-refractivity contribution in [1.29, 1.82) is 0 Å². The molecule has 5 heteroatoms. The number of benzene rings is 1. The summed E-state index contributed by atoms with van der Waals surface area (Å²) in [6.07, 6.45) is 2.22. The summed E-state index contributed by atoms with van der Waals surface area (Å²) in [6, 6.07) is 8.11. The predicted molar refractivity (Wildman–Crippen MR) is 91.4 cm³/mol. The van der Waals surface area contributed by atoms with Crippen LogP contribution in [-0.2, 0) is 4.79 Å². The van der Waals surface area contributed by atoms with Gasteiger partial charge >= 0.3 is 0 Å². The van der Waals surface area contributed by atoms with Crippen molar-refractivity contribution in [2.45, 2.75) is 0 Å². The normalized spacial score (nSPS) is 22.5. The zero-order valence-electron chi connectivity index (χ0n) is 13.9. The van der Waals surface area contributed by atoms with E-state index in [1.54, 1.807) is 7.05 Å². The molecule has 0 unspecified atom stereocenters. The van der Waals surface area contributed by atoms with Gasteiger partial charge in [0.05, 0.1) is 5.92 Å². The van der Waals surface area contributed by atoms with Crippen molar-refractivity contribution >= 4 is 12.0 Å². The van der Waals surface area contributed by atoms with E-state index in [1.807, 2.05) is 18.2 Å². The third-order valence-electron chi connectivity index (χ3n) is 4.54. The van der Waals surface area contributed by atoms with E-state index in [-0.39, 0.29) is 11.8 Å². The number of para-hydroxylation sites is 1. The van der Waals surface area contributed by atoms with Gasteiger partial charge in [0.15, 0.2) is 0 Å². The van der Waals surface area contributed by atoms with Gasteiger partial charge in [-0.25, -0.2) is 0 Å². The van der Waals surface area contributed by atoms with Crippen LogP contribution >= 0.6 is 0 Å². The summed E-state index contributed by atoms with van der Waals surface area (Å²) < 4.78 is 5.84. The zero-order chi connectivity index (χ0) is 16.2.